The van der Waals surface area contributed by atoms with Gasteiger partial charge in [-0.15, -0.1) is 0 Å². The van der Waals surface area contributed by atoms with Crippen molar-refractivity contribution < 1.29 is 4.92 Å². The Morgan fingerprint density at radius 2 is 2.24 bits per heavy atom. The quantitative estimate of drug-likeness (QED) is 0.567. The number of benzene rings is 1. The molecule has 3 aromatic rings. The monoisotopic (exact) mass is 303 g/mol. The number of hydrogen-bond donors (Lipinski definition) is 2. The number of aromatic amines is 1. The van der Waals surface area contributed by atoms with E-state index in [1.807, 2.05) is 25.1 Å². The van der Waals surface area contributed by atoms with E-state index in [2.05, 4.69) is 20.3 Å². The predicted molar refractivity (Wildman–Crippen MR) is 79.2 cm³/mol. The first-order valence-electron chi connectivity index (χ1n) is 5.91. The second-order valence-corrected chi connectivity index (χ2v) is 5.33. The molecule has 0 aliphatic heterocycles. The molecule has 9 heteroatoms. The van der Waals surface area contributed by atoms with E-state index in [0.29, 0.717) is 5.13 Å². The molecule has 3 rings (SSSR count). The molecular weight excluding hydrogens is 294 g/mol. The van der Waals surface area contributed by atoms with Gasteiger partial charge in [-0.3, -0.25) is 14.9 Å². The number of hydrogen-bond acceptors (Lipinski definition) is 7. The summed E-state index contributed by atoms with van der Waals surface area (Å²) >= 11 is 1.34. The summed E-state index contributed by atoms with van der Waals surface area (Å²) in [5, 5.41) is 14.1. The van der Waals surface area contributed by atoms with Gasteiger partial charge >= 0.3 is 11.2 Å². The summed E-state index contributed by atoms with van der Waals surface area (Å²) in [6.45, 7) is 1.97. The first-order valence-corrected chi connectivity index (χ1v) is 6.72. The highest BCUT2D eigenvalue weighted by Crippen LogP contribution is 2.29. The summed E-state index contributed by atoms with van der Waals surface area (Å²) in [5.74, 6) is -0.125. The third-order valence-corrected chi connectivity index (χ3v) is 3.71. The summed E-state index contributed by atoms with van der Waals surface area (Å²) in [6.07, 6.45) is 1.11. The van der Waals surface area contributed by atoms with Crippen LogP contribution in [0.4, 0.5) is 16.6 Å². The molecule has 8 nitrogen and oxygen atoms in total. The first kappa shape index (κ1) is 13.2. The maximum absolute atomic E-state index is 11.5. The lowest BCUT2D eigenvalue weighted by atomic mass is 10.2. The molecule has 106 valence electrons. The molecule has 0 saturated carbocycles. The Labute approximate surface area is 121 Å². The van der Waals surface area contributed by atoms with Crippen molar-refractivity contribution in [1.29, 1.82) is 0 Å². The van der Waals surface area contributed by atoms with Crippen molar-refractivity contribution in [3.05, 3.63) is 50.6 Å². The molecule has 2 aromatic heterocycles. The first-order chi connectivity index (χ1) is 10.0. The van der Waals surface area contributed by atoms with Crippen LogP contribution in [-0.4, -0.2) is 19.9 Å². The molecule has 0 atom stereocenters. The Morgan fingerprint density at radius 3 is 3.00 bits per heavy atom. The summed E-state index contributed by atoms with van der Waals surface area (Å²) in [5.41, 5.74) is 0.431. The zero-order valence-corrected chi connectivity index (χ0v) is 11.6. The van der Waals surface area contributed by atoms with Gasteiger partial charge in [0.1, 0.15) is 0 Å². The van der Waals surface area contributed by atoms with Crippen molar-refractivity contribution in [2.75, 3.05) is 5.32 Å². The van der Waals surface area contributed by atoms with Crippen LogP contribution in [0.1, 0.15) is 5.56 Å². The van der Waals surface area contributed by atoms with Crippen LogP contribution in [0.15, 0.2) is 29.3 Å². The lowest BCUT2D eigenvalue weighted by molar-refractivity contribution is -0.385. The fraction of sp³-hybridized carbons (Fsp3) is 0.0833. The van der Waals surface area contributed by atoms with Gasteiger partial charge in [-0.2, -0.15) is 0 Å². The molecule has 0 unspecified atom stereocenters. The van der Waals surface area contributed by atoms with E-state index in [1.54, 1.807) is 0 Å². The number of nitro groups is 1. The zero-order chi connectivity index (χ0) is 15.0. The van der Waals surface area contributed by atoms with E-state index in [9.17, 15) is 14.9 Å². The van der Waals surface area contributed by atoms with Gasteiger partial charge in [-0.1, -0.05) is 17.4 Å². The standard InChI is InChI=1S/C12H9N5O3S/c1-6-2-3-7-8(4-6)21-12(15-7)16-10-9(17(19)20)11(18)14-5-13-10/h2-5H,1H3,(H2,13,14,15,16,18). The number of aryl methyl sites for hydroxylation is 1. The number of nitrogens with zero attached hydrogens (tertiary/aromatic N) is 3. The van der Waals surface area contributed by atoms with Crippen LogP contribution in [0.3, 0.4) is 0 Å². The molecule has 2 heterocycles. The van der Waals surface area contributed by atoms with Crippen LogP contribution in [0.25, 0.3) is 10.2 Å². The number of fused-ring (bicyclic) bond motifs is 1. The van der Waals surface area contributed by atoms with Crippen molar-refractivity contribution in [3.8, 4) is 0 Å². The van der Waals surface area contributed by atoms with E-state index in [-0.39, 0.29) is 5.82 Å². The lowest BCUT2D eigenvalue weighted by Crippen LogP contribution is -2.14. The topological polar surface area (TPSA) is 114 Å². The molecule has 0 fully saturated rings. The highest BCUT2D eigenvalue weighted by Gasteiger charge is 2.21. The van der Waals surface area contributed by atoms with Crippen molar-refractivity contribution in [1.82, 2.24) is 15.0 Å². The van der Waals surface area contributed by atoms with E-state index in [0.717, 1.165) is 22.1 Å². The maximum Gasteiger partial charge on any atom is 0.376 e. The highest BCUT2D eigenvalue weighted by molar-refractivity contribution is 7.22. The third kappa shape index (κ3) is 2.46. The van der Waals surface area contributed by atoms with Crippen LogP contribution in [0.5, 0.6) is 0 Å². The SMILES string of the molecule is Cc1ccc2nc(Nc3nc[nH]c(=O)c3[N+](=O)[O-])sc2c1. The van der Waals surface area contributed by atoms with Crippen LogP contribution >= 0.6 is 11.3 Å². The zero-order valence-electron chi connectivity index (χ0n) is 10.8. The van der Waals surface area contributed by atoms with Gasteiger partial charge in [0.2, 0.25) is 5.82 Å². The lowest BCUT2D eigenvalue weighted by Gasteiger charge is -2.00. The minimum Gasteiger partial charge on any atom is -0.310 e. The number of aromatic nitrogens is 3. The van der Waals surface area contributed by atoms with Gasteiger partial charge in [-0.25, -0.2) is 9.97 Å². The molecule has 0 amide bonds. The summed E-state index contributed by atoms with van der Waals surface area (Å²) in [6, 6.07) is 5.77. The van der Waals surface area contributed by atoms with Crippen LogP contribution in [0, 0.1) is 17.0 Å². The number of anilines is 2. The molecule has 0 spiro atoms. The van der Waals surface area contributed by atoms with E-state index >= 15 is 0 Å². The summed E-state index contributed by atoms with van der Waals surface area (Å²) in [4.78, 5) is 32.0. The number of rotatable bonds is 3. The van der Waals surface area contributed by atoms with E-state index in [1.165, 1.54) is 11.3 Å². The maximum atomic E-state index is 11.5. The van der Waals surface area contributed by atoms with Crippen molar-refractivity contribution in [2.24, 2.45) is 0 Å². The van der Waals surface area contributed by atoms with Crippen molar-refractivity contribution in [3.63, 3.8) is 0 Å². The third-order valence-electron chi connectivity index (χ3n) is 2.78. The Morgan fingerprint density at radius 1 is 1.43 bits per heavy atom. The number of thiazole rings is 1. The fourth-order valence-electron chi connectivity index (χ4n) is 1.84. The summed E-state index contributed by atoms with van der Waals surface area (Å²) < 4.78 is 0.949. The number of nitrogens with one attached hydrogen (secondary N) is 2. The van der Waals surface area contributed by atoms with Gasteiger partial charge in [0, 0.05) is 0 Å². The normalized spacial score (nSPS) is 10.7. The largest absolute Gasteiger partial charge is 0.376 e. The fourth-order valence-corrected chi connectivity index (χ4v) is 2.80. The second-order valence-electron chi connectivity index (χ2n) is 4.30. The Kier molecular flexibility index (Phi) is 3.10. The molecule has 21 heavy (non-hydrogen) atoms. The molecule has 0 saturated heterocycles. The Hall–Kier alpha value is -2.81. The average molecular weight is 303 g/mol. The van der Waals surface area contributed by atoms with E-state index < -0.39 is 16.2 Å². The average Bonchev–Trinajstić information content (AvgIpc) is 2.79. The van der Waals surface area contributed by atoms with Gasteiger partial charge in [-0.05, 0) is 24.6 Å². The summed E-state index contributed by atoms with van der Waals surface area (Å²) in [7, 11) is 0. The van der Waals surface area contributed by atoms with Crippen molar-refractivity contribution in [2.45, 2.75) is 6.92 Å². The number of H-pyrrole nitrogens is 1. The molecule has 1 aromatic carbocycles. The Bertz CT molecular complexity index is 901. The van der Waals surface area contributed by atoms with Crippen molar-refractivity contribution >= 4 is 38.2 Å². The molecule has 0 aliphatic rings. The second kappa shape index (κ2) is 4.94. The van der Waals surface area contributed by atoms with Crippen LogP contribution < -0.4 is 10.9 Å². The van der Waals surface area contributed by atoms with Gasteiger partial charge < -0.3 is 10.3 Å². The van der Waals surface area contributed by atoms with E-state index in [4.69, 9.17) is 0 Å². The van der Waals surface area contributed by atoms with Gasteiger partial charge in [0.15, 0.2) is 5.13 Å². The minimum absolute atomic E-state index is 0.125. The highest BCUT2D eigenvalue weighted by atomic mass is 32.1. The van der Waals surface area contributed by atoms with Gasteiger partial charge in [0.25, 0.3) is 0 Å². The Balaban J connectivity index is 2.04. The molecule has 0 aliphatic carbocycles. The molecular formula is C12H9N5O3S. The minimum atomic E-state index is -0.811. The molecule has 2 N–H and O–H groups in total. The van der Waals surface area contributed by atoms with Crippen LogP contribution in [-0.2, 0) is 0 Å². The van der Waals surface area contributed by atoms with Crippen LogP contribution in [0.2, 0.25) is 0 Å². The van der Waals surface area contributed by atoms with Gasteiger partial charge in [0.05, 0.1) is 21.5 Å². The smallest absolute Gasteiger partial charge is 0.310 e. The predicted octanol–water partition coefficient (Wildman–Crippen LogP) is 2.34. The molecule has 0 radical (unpaired) electrons. The molecule has 0 bridgehead atoms.